The molecule has 0 aliphatic carbocycles. The quantitative estimate of drug-likeness (QED) is 0.904. The maximum absolute atomic E-state index is 12.6. The van der Waals surface area contributed by atoms with Gasteiger partial charge in [0.05, 0.1) is 0 Å². The van der Waals surface area contributed by atoms with Gasteiger partial charge in [-0.15, -0.1) is 0 Å². The number of nitrogens with zero attached hydrogens (tertiary/aromatic N) is 1. The Kier molecular flexibility index (Phi) is 4.97. The summed E-state index contributed by atoms with van der Waals surface area (Å²) in [4.78, 5) is 14.6. The van der Waals surface area contributed by atoms with E-state index < -0.39 is 0 Å². The summed E-state index contributed by atoms with van der Waals surface area (Å²) in [6.07, 6.45) is 4.24. The van der Waals surface area contributed by atoms with Crippen LogP contribution >= 0.6 is 0 Å². The van der Waals surface area contributed by atoms with Gasteiger partial charge in [-0.05, 0) is 49.8 Å². The first-order valence-electron chi connectivity index (χ1n) is 7.33. The van der Waals surface area contributed by atoms with Gasteiger partial charge in [-0.25, -0.2) is 0 Å². The van der Waals surface area contributed by atoms with Gasteiger partial charge < -0.3 is 10.6 Å². The molecule has 1 saturated heterocycles. The van der Waals surface area contributed by atoms with Gasteiger partial charge in [0.25, 0.3) is 5.91 Å². The van der Waals surface area contributed by atoms with Gasteiger partial charge in [0.1, 0.15) is 0 Å². The van der Waals surface area contributed by atoms with Crippen LogP contribution in [-0.2, 0) is 6.42 Å². The molecule has 2 rings (SSSR count). The molecule has 104 valence electrons. The van der Waals surface area contributed by atoms with Crippen molar-refractivity contribution in [2.75, 3.05) is 19.6 Å². The van der Waals surface area contributed by atoms with E-state index in [1.54, 1.807) is 0 Å². The lowest BCUT2D eigenvalue weighted by Gasteiger charge is -2.33. The number of carbonyl (C=O) groups is 1. The van der Waals surface area contributed by atoms with Crippen LogP contribution in [0.15, 0.2) is 24.3 Å². The van der Waals surface area contributed by atoms with Crippen molar-refractivity contribution in [3.05, 3.63) is 35.4 Å². The molecule has 1 fully saturated rings. The van der Waals surface area contributed by atoms with Crippen LogP contribution in [0, 0.1) is 5.92 Å². The van der Waals surface area contributed by atoms with E-state index in [4.69, 9.17) is 5.73 Å². The molecule has 19 heavy (non-hydrogen) atoms. The first kappa shape index (κ1) is 14.1. The number of amides is 1. The molecule has 3 nitrogen and oxygen atoms in total. The van der Waals surface area contributed by atoms with Gasteiger partial charge in [0.15, 0.2) is 0 Å². The fraction of sp³-hybridized carbons (Fsp3) is 0.562. The van der Waals surface area contributed by atoms with Crippen LogP contribution in [0.4, 0.5) is 0 Å². The van der Waals surface area contributed by atoms with Gasteiger partial charge in [0.2, 0.25) is 0 Å². The highest BCUT2D eigenvalue weighted by Crippen LogP contribution is 2.22. The third kappa shape index (κ3) is 3.35. The Hall–Kier alpha value is -1.35. The summed E-state index contributed by atoms with van der Waals surface area (Å²) in [5.41, 5.74) is 7.65. The van der Waals surface area contributed by atoms with Crippen molar-refractivity contribution in [2.45, 2.75) is 32.6 Å². The first-order valence-corrected chi connectivity index (χ1v) is 7.33. The minimum absolute atomic E-state index is 0.194. The molecule has 1 aliphatic heterocycles. The van der Waals surface area contributed by atoms with Gasteiger partial charge in [-0.2, -0.15) is 0 Å². The zero-order chi connectivity index (χ0) is 13.7. The predicted octanol–water partition coefficient (Wildman–Crippen LogP) is 2.45. The number of rotatable bonds is 4. The van der Waals surface area contributed by atoms with E-state index in [1.807, 2.05) is 23.1 Å². The number of benzene rings is 1. The second-order valence-electron chi connectivity index (χ2n) is 5.35. The summed E-state index contributed by atoms with van der Waals surface area (Å²) in [6.45, 7) is 4.57. The van der Waals surface area contributed by atoms with E-state index in [0.717, 1.165) is 50.0 Å². The Morgan fingerprint density at radius 1 is 1.42 bits per heavy atom. The molecule has 0 bridgehead atoms. The topological polar surface area (TPSA) is 46.3 Å². The van der Waals surface area contributed by atoms with E-state index in [9.17, 15) is 4.79 Å². The summed E-state index contributed by atoms with van der Waals surface area (Å²) < 4.78 is 0. The molecule has 1 aromatic rings. The second kappa shape index (κ2) is 6.71. The Balaban J connectivity index is 2.10. The van der Waals surface area contributed by atoms with Crippen LogP contribution < -0.4 is 5.73 Å². The molecule has 0 saturated carbocycles. The van der Waals surface area contributed by atoms with Crippen LogP contribution in [0.25, 0.3) is 0 Å². The van der Waals surface area contributed by atoms with Crippen LogP contribution in [0.5, 0.6) is 0 Å². The average Bonchev–Trinajstić information content (AvgIpc) is 2.47. The van der Waals surface area contributed by atoms with E-state index >= 15 is 0 Å². The standard InChI is InChI=1S/C16H24N2O/c1-2-14-7-3-4-8-15(14)16(19)18-11-5-6-13(12-18)9-10-17/h3-4,7-8,13H,2,5-6,9-12,17H2,1H3. The third-order valence-corrected chi connectivity index (χ3v) is 4.01. The van der Waals surface area contributed by atoms with E-state index in [2.05, 4.69) is 13.0 Å². The van der Waals surface area contributed by atoms with E-state index in [0.29, 0.717) is 5.92 Å². The van der Waals surface area contributed by atoms with Gasteiger partial charge in [-0.1, -0.05) is 25.1 Å². The van der Waals surface area contributed by atoms with Crippen molar-refractivity contribution >= 4 is 5.91 Å². The summed E-state index contributed by atoms with van der Waals surface area (Å²) in [5.74, 6) is 0.774. The fourth-order valence-corrected chi connectivity index (χ4v) is 2.93. The molecule has 1 heterocycles. The largest absolute Gasteiger partial charge is 0.338 e. The predicted molar refractivity (Wildman–Crippen MR) is 78.1 cm³/mol. The number of piperidine rings is 1. The molecule has 2 N–H and O–H groups in total. The molecule has 1 atom stereocenters. The van der Waals surface area contributed by atoms with Gasteiger partial charge >= 0.3 is 0 Å². The van der Waals surface area contributed by atoms with Gasteiger partial charge in [-0.3, -0.25) is 4.79 Å². The van der Waals surface area contributed by atoms with Crippen molar-refractivity contribution in [1.82, 2.24) is 4.90 Å². The summed E-state index contributed by atoms with van der Waals surface area (Å²) in [6, 6.07) is 7.96. The lowest BCUT2D eigenvalue weighted by molar-refractivity contribution is 0.0668. The molecule has 0 aromatic heterocycles. The van der Waals surface area contributed by atoms with Crippen LogP contribution in [0.3, 0.4) is 0 Å². The maximum atomic E-state index is 12.6. The minimum atomic E-state index is 0.194. The number of carbonyl (C=O) groups excluding carboxylic acids is 1. The zero-order valence-electron chi connectivity index (χ0n) is 11.8. The zero-order valence-corrected chi connectivity index (χ0v) is 11.8. The van der Waals surface area contributed by atoms with E-state index in [-0.39, 0.29) is 5.91 Å². The van der Waals surface area contributed by atoms with E-state index in [1.165, 1.54) is 6.42 Å². The smallest absolute Gasteiger partial charge is 0.254 e. The molecule has 3 heteroatoms. The normalized spacial score (nSPS) is 19.5. The summed E-state index contributed by atoms with van der Waals surface area (Å²) in [5, 5.41) is 0. The number of aryl methyl sites for hydroxylation is 1. The van der Waals surface area contributed by atoms with Gasteiger partial charge in [0, 0.05) is 18.7 Å². The number of hydrogen-bond acceptors (Lipinski definition) is 2. The highest BCUT2D eigenvalue weighted by Gasteiger charge is 2.24. The second-order valence-corrected chi connectivity index (χ2v) is 5.35. The molecule has 1 aromatic carbocycles. The molecule has 1 unspecified atom stereocenters. The number of likely N-dealkylation sites (tertiary alicyclic amines) is 1. The Bertz CT molecular complexity index is 429. The molecule has 1 amide bonds. The summed E-state index contributed by atoms with van der Waals surface area (Å²) >= 11 is 0. The minimum Gasteiger partial charge on any atom is -0.338 e. The van der Waals surface area contributed by atoms with Crippen LogP contribution in [0.1, 0.15) is 42.1 Å². The van der Waals surface area contributed by atoms with Crippen molar-refractivity contribution in [3.63, 3.8) is 0 Å². The van der Waals surface area contributed by atoms with Crippen molar-refractivity contribution < 1.29 is 4.79 Å². The molecule has 0 spiro atoms. The van der Waals surface area contributed by atoms with Crippen LogP contribution in [-0.4, -0.2) is 30.4 Å². The molecular formula is C16H24N2O. The monoisotopic (exact) mass is 260 g/mol. The highest BCUT2D eigenvalue weighted by atomic mass is 16.2. The SMILES string of the molecule is CCc1ccccc1C(=O)N1CCCC(CCN)C1. The number of nitrogens with two attached hydrogens (primary N) is 1. The van der Waals surface area contributed by atoms with Crippen LogP contribution in [0.2, 0.25) is 0 Å². The lowest BCUT2D eigenvalue weighted by atomic mass is 9.94. The Morgan fingerprint density at radius 2 is 2.21 bits per heavy atom. The molecule has 0 radical (unpaired) electrons. The average molecular weight is 260 g/mol. The molecular weight excluding hydrogens is 236 g/mol. The highest BCUT2D eigenvalue weighted by molar-refractivity contribution is 5.95. The molecule has 1 aliphatic rings. The first-order chi connectivity index (χ1) is 9.26. The van der Waals surface area contributed by atoms with Crippen molar-refractivity contribution in [1.29, 1.82) is 0 Å². The number of hydrogen-bond donors (Lipinski definition) is 1. The van der Waals surface area contributed by atoms with Crippen molar-refractivity contribution in [3.8, 4) is 0 Å². The fourth-order valence-electron chi connectivity index (χ4n) is 2.93. The Morgan fingerprint density at radius 3 is 2.95 bits per heavy atom. The van der Waals surface area contributed by atoms with Crippen molar-refractivity contribution in [2.24, 2.45) is 11.7 Å². The maximum Gasteiger partial charge on any atom is 0.254 e. The summed E-state index contributed by atoms with van der Waals surface area (Å²) in [7, 11) is 0. The third-order valence-electron chi connectivity index (χ3n) is 4.01. The lowest BCUT2D eigenvalue weighted by Crippen LogP contribution is -2.40. The Labute approximate surface area is 115 Å².